The number of fused-ring (bicyclic) bond motifs is 1. The van der Waals surface area contributed by atoms with E-state index in [9.17, 15) is 9.59 Å². The lowest BCUT2D eigenvalue weighted by Gasteiger charge is -2.11. The lowest BCUT2D eigenvalue weighted by Crippen LogP contribution is -2.17. The van der Waals surface area contributed by atoms with E-state index >= 15 is 0 Å². The molecule has 7 heteroatoms. The molecule has 4 nitrogen and oxygen atoms in total. The van der Waals surface area contributed by atoms with E-state index in [0.29, 0.717) is 20.9 Å². The van der Waals surface area contributed by atoms with Crippen molar-refractivity contribution >= 4 is 51.9 Å². The first-order valence-electron chi connectivity index (χ1n) is 5.23. The minimum absolute atomic E-state index is 0.0639. The molecular weight excluding hydrogens is 309 g/mol. The van der Waals surface area contributed by atoms with Crippen molar-refractivity contribution in [2.75, 3.05) is 6.26 Å². The maximum Gasteiger partial charge on any atom is 0.263 e. The zero-order valence-electron chi connectivity index (χ0n) is 10.0. The quantitative estimate of drug-likeness (QED) is 0.692. The molecule has 0 amide bonds. The van der Waals surface area contributed by atoms with Crippen LogP contribution in [0.25, 0.3) is 10.9 Å². The highest BCUT2D eigenvalue weighted by Gasteiger charge is 2.21. The van der Waals surface area contributed by atoms with Crippen LogP contribution in [0, 0.1) is 0 Å². The average Bonchev–Trinajstić information content (AvgIpc) is 2.33. The number of H-pyrrole nitrogens is 1. The van der Waals surface area contributed by atoms with Crippen LogP contribution < -0.4 is 9.74 Å². The Labute approximate surface area is 123 Å². The lowest BCUT2D eigenvalue weighted by atomic mass is 10.1. The molecule has 0 spiro atoms. The van der Waals surface area contributed by atoms with Crippen molar-refractivity contribution in [1.29, 1.82) is 0 Å². The molecule has 0 fully saturated rings. The van der Waals surface area contributed by atoms with Crippen LogP contribution in [0.1, 0.15) is 17.3 Å². The molecule has 0 radical (unpaired) electrons. The van der Waals surface area contributed by atoms with Gasteiger partial charge in [-0.3, -0.25) is 9.59 Å². The van der Waals surface area contributed by atoms with Gasteiger partial charge in [-0.2, -0.15) is 0 Å². The Morgan fingerprint density at radius 3 is 2.53 bits per heavy atom. The molecular formula is C12H9Cl2NO3S. The zero-order valence-corrected chi connectivity index (χ0v) is 12.4. The third-order valence-electron chi connectivity index (χ3n) is 2.54. The van der Waals surface area contributed by atoms with Crippen LogP contribution in [0.4, 0.5) is 0 Å². The van der Waals surface area contributed by atoms with Gasteiger partial charge in [-0.05, 0) is 19.1 Å². The molecule has 0 atom stereocenters. The highest BCUT2D eigenvalue weighted by Crippen LogP contribution is 2.37. The second-order valence-corrected chi connectivity index (χ2v) is 5.06. The van der Waals surface area contributed by atoms with Crippen molar-refractivity contribution in [2.24, 2.45) is 0 Å². The predicted octanol–water partition coefficient (Wildman–Crippen LogP) is 3.69. The fraction of sp³-hybridized carbons (Fsp3) is 0.167. The average molecular weight is 318 g/mol. The van der Waals surface area contributed by atoms with E-state index in [4.69, 9.17) is 27.4 Å². The number of Topliss-reactive ketones (excluding diaryl/α,β-unsaturated/α-hetero) is 1. The molecule has 19 heavy (non-hydrogen) atoms. The van der Waals surface area contributed by atoms with E-state index in [1.54, 1.807) is 18.4 Å². The van der Waals surface area contributed by atoms with Crippen molar-refractivity contribution in [3.8, 4) is 5.75 Å². The minimum Gasteiger partial charge on any atom is -0.424 e. The van der Waals surface area contributed by atoms with E-state index < -0.39 is 11.3 Å². The van der Waals surface area contributed by atoms with Crippen molar-refractivity contribution < 1.29 is 8.98 Å². The van der Waals surface area contributed by atoms with Crippen LogP contribution in [-0.2, 0) is 0 Å². The fourth-order valence-electron chi connectivity index (χ4n) is 1.79. The van der Waals surface area contributed by atoms with E-state index in [2.05, 4.69) is 4.98 Å². The predicted molar refractivity (Wildman–Crippen MR) is 78.7 cm³/mol. The molecule has 0 aliphatic carbocycles. The van der Waals surface area contributed by atoms with E-state index in [1.807, 2.05) is 0 Å². The Kier molecular flexibility index (Phi) is 4.08. The second kappa shape index (κ2) is 5.45. The first kappa shape index (κ1) is 14.2. The van der Waals surface area contributed by atoms with Gasteiger partial charge in [0.2, 0.25) is 0 Å². The number of carbonyl (C=O) groups is 1. The minimum atomic E-state index is -0.548. The summed E-state index contributed by atoms with van der Waals surface area (Å²) in [6.45, 7) is 1.29. The summed E-state index contributed by atoms with van der Waals surface area (Å²) in [5.74, 6) is -0.255. The molecule has 100 valence electrons. The number of ketones is 1. The normalized spacial score (nSPS) is 10.7. The number of hydrogen-bond donors (Lipinski definition) is 1. The Morgan fingerprint density at radius 1 is 1.32 bits per heavy atom. The molecule has 0 aliphatic rings. The number of hydrogen-bond acceptors (Lipinski definition) is 4. The summed E-state index contributed by atoms with van der Waals surface area (Å²) in [5, 5.41) is 1.10. The Bertz CT molecular complexity index is 727. The monoisotopic (exact) mass is 317 g/mol. The van der Waals surface area contributed by atoms with Gasteiger partial charge in [0.25, 0.3) is 5.56 Å². The SMILES string of the molecule is CSOc1c(C(C)=O)c(=O)[nH]c2c(Cl)ccc(Cl)c12. The molecule has 0 saturated heterocycles. The van der Waals surface area contributed by atoms with Crippen LogP contribution in [0.3, 0.4) is 0 Å². The largest absolute Gasteiger partial charge is 0.424 e. The topological polar surface area (TPSA) is 59.2 Å². The molecule has 2 rings (SSSR count). The van der Waals surface area contributed by atoms with E-state index in [-0.39, 0.29) is 11.3 Å². The molecule has 1 heterocycles. The highest BCUT2D eigenvalue weighted by atomic mass is 35.5. The molecule has 0 saturated carbocycles. The van der Waals surface area contributed by atoms with Crippen molar-refractivity contribution in [3.63, 3.8) is 0 Å². The summed E-state index contributed by atoms with van der Waals surface area (Å²) in [4.78, 5) is 26.1. The Hall–Kier alpha value is -1.17. The number of benzene rings is 1. The molecule has 0 aliphatic heterocycles. The molecule has 2 aromatic rings. The van der Waals surface area contributed by atoms with Crippen molar-refractivity contribution in [1.82, 2.24) is 4.98 Å². The first-order valence-corrected chi connectivity index (χ1v) is 7.13. The number of rotatable bonds is 3. The maximum atomic E-state index is 12.0. The number of pyridine rings is 1. The van der Waals surface area contributed by atoms with Gasteiger partial charge in [0.15, 0.2) is 11.5 Å². The van der Waals surface area contributed by atoms with E-state index in [0.717, 1.165) is 12.0 Å². The summed E-state index contributed by atoms with van der Waals surface area (Å²) < 4.78 is 5.36. The van der Waals surface area contributed by atoms with Gasteiger partial charge >= 0.3 is 0 Å². The van der Waals surface area contributed by atoms with Crippen LogP contribution in [-0.4, -0.2) is 17.0 Å². The van der Waals surface area contributed by atoms with Gasteiger partial charge in [-0.25, -0.2) is 0 Å². The summed E-state index contributed by atoms with van der Waals surface area (Å²) >= 11 is 13.2. The number of aromatic nitrogens is 1. The fourth-order valence-corrected chi connectivity index (χ4v) is 2.57. The number of halogens is 2. The van der Waals surface area contributed by atoms with Crippen LogP contribution in [0.5, 0.6) is 5.75 Å². The van der Waals surface area contributed by atoms with Crippen LogP contribution >= 0.6 is 35.2 Å². The van der Waals surface area contributed by atoms with Gasteiger partial charge in [0.1, 0.15) is 5.56 Å². The highest BCUT2D eigenvalue weighted by molar-refractivity contribution is 7.94. The van der Waals surface area contributed by atoms with Crippen LogP contribution in [0.15, 0.2) is 16.9 Å². The van der Waals surface area contributed by atoms with Gasteiger partial charge in [-0.1, -0.05) is 23.2 Å². The summed E-state index contributed by atoms with van der Waals surface area (Å²) in [5.41, 5.74) is -0.257. The molecule has 0 bridgehead atoms. The summed E-state index contributed by atoms with van der Waals surface area (Å²) in [6.07, 6.45) is 1.68. The molecule has 1 N–H and O–H groups in total. The smallest absolute Gasteiger partial charge is 0.263 e. The standard InChI is InChI=1S/C12H9Cl2NO3S/c1-5(16)8-11(18-19-2)9-6(13)3-4-7(14)10(9)15-12(8)17/h3-4H,1-2H3,(H,15,17). The van der Waals surface area contributed by atoms with Gasteiger partial charge in [-0.15, -0.1) is 0 Å². The third kappa shape index (κ3) is 2.45. The van der Waals surface area contributed by atoms with Gasteiger partial charge in [0, 0.05) is 6.26 Å². The van der Waals surface area contributed by atoms with Gasteiger partial charge in [0.05, 0.1) is 33.0 Å². The van der Waals surface area contributed by atoms with Crippen LogP contribution in [0.2, 0.25) is 10.0 Å². The Morgan fingerprint density at radius 2 is 1.95 bits per heavy atom. The zero-order chi connectivity index (χ0) is 14.2. The number of aromatic amines is 1. The van der Waals surface area contributed by atoms with E-state index in [1.165, 1.54) is 6.92 Å². The molecule has 1 aromatic heterocycles. The van der Waals surface area contributed by atoms with Crippen molar-refractivity contribution in [2.45, 2.75) is 6.92 Å². The lowest BCUT2D eigenvalue weighted by molar-refractivity contribution is 0.101. The molecule has 1 aromatic carbocycles. The third-order valence-corrected chi connectivity index (χ3v) is 3.51. The Balaban J connectivity index is 3.02. The molecule has 0 unspecified atom stereocenters. The summed E-state index contributed by atoms with van der Waals surface area (Å²) in [7, 11) is 0. The maximum absolute atomic E-state index is 12.0. The number of carbonyl (C=O) groups excluding carboxylic acids is 1. The second-order valence-electron chi connectivity index (χ2n) is 3.74. The first-order chi connectivity index (χ1) is 8.97. The van der Waals surface area contributed by atoms with Crippen molar-refractivity contribution in [3.05, 3.63) is 38.1 Å². The van der Waals surface area contributed by atoms with Gasteiger partial charge < -0.3 is 9.17 Å². The summed E-state index contributed by atoms with van der Waals surface area (Å²) in [6, 6.07) is 3.15. The number of nitrogens with one attached hydrogen (secondary N) is 1.